The van der Waals surface area contributed by atoms with Crippen molar-refractivity contribution < 1.29 is 4.74 Å². The van der Waals surface area contributed by atoms with E-state index >= 15 is 0 Å². The van der Waals surface area contributed by atoms with Crippen LogP contribution in [-0.4, -0.2) is 29.0 Å². The van der Waals surface area contributed by atoms with Crippen LogP contribution in [0, 0.1) is 13.8 Å². The fraction of sp³-hybridized carbons (Fsp3) is 0.769. The van der Waals surface area contributed by atoms with Gasteiger partial charge in [0.2, 0.25) is 0 Å². The largest absolute Gasteiger partial charge is 0.379 e. The molecule has 0 spiro atoms. The zero-order valence-corrected chi connectivity index (χ0v) is 11.3. The van der Waals surface area contributed by atoms with Crippen LogP contribution in [-0.2, 0) is 4.74 Å². The molecule has 0 amide bonds. The minimum atomic E-state index is 0.371. The summed E-state index contributed by atoms with van der Waals surface area (Å²) in [4.78, 5) is 0. The van der Waals surface area contributed by atoms with Crippen molar-refractivity contribution in [3.05, 3.63) is 11.4 Å². The Morgan fingerprint density at radius 2 is 2.24 bits per heavy atom. The quantitative estimate of drug-likeness (QED) is 0.875. The molecule has 0 aliphatic carbocycles. The Kier molecular flexibility index (Phi) is 3.72. The molecule has 0 bridgehead atoms. The monoisotopic (exact) mass is 237 g/mol. The first kappa shape index (κ1) is 12.4. The third-order valence-electron chi connectivity index (χ3n) is 3.34. The zero-order valence-electron chi connectivity index (χ0n) is 11.3. The van der Waals surface area contributed by atoms with Crippen LogP contribution in [0.1, 0.15) is 44.1 Å². The van der Waals surface area contributed by atoms with Crippen molar-refractivity contribution in [2.45, 2.75) is 52.7 Å². The second-order valence-corrected chi connectivity index (χ2v) is 5.10. The highest BCUT2D eigenvalue weighted by Crippen LogP contribution is 2.23. The van der Waals surface area contributed by atoms with Gasteiger partial charge in [0, 0.05) is 19.2 Å². The molecule has 0 saturated carbocycles. The van der Waals surface area contributed by atoms with Crippen molar-refractivity contribution in [3.63, 3.8) is 0 Å². The average molecular weight is 237 g/mol. The number of aromatic nitrogens is 2. The molecule has 1 saturated heterocycles. The van der Waals surface area contributed by atoms with Gasteiger partial charge >= 0.3 is 0 Å². The zero-order chi connectivity index (χ0) is 12.4. The number of hydrogen-bond donors (Lipinski definition) is 1. The third-order valence-corrected chi connectivity index (χ3v) is 3.34. The van der Waals surface area contributed by atoms with Crippen LogP contribution in [0.3, 0.4) is 0 Å². The predicted octanol–water partition coefficient (Wildman–Crippen LogP) is 2.67. The molecule has 1 atom stereocenters. The Morgan fingerprint density at radius 3 is 2.76 bits per heavy atom. The van der Waals surface area contributed by atoms with Crippen molar-refractivity contribution in [2.75, 3.05) is 18.5 Å². The smallest absolute Gasteiger partial charge is 0.0828 e. The normalized spacial score (nSPS) is 20.2. The van der Waals surface area contributed by atoms with Crippen LogP contribution in [0.5, 0.6) is 0 Å². The molecule has 1 aromatic rings. The number of nitrogens with one attached hydrogen (secondary N) is 1. The van der Waals surface area contributed by atoms with Gasteiger partial charge in [-0.2, -0.15) is 5.10 Å². The standard InChI is InChI=1S/C13H23N3O/c1-9(2)16-11(4)13(10(3)15-16)14-8-12-6-5-7-17-12/h9,12,14H,5-8H2,1-4H3. The van der Waals surface area contributed by atoms with E-state index < -0.39 is 0 Å². The number of hydrogen-bond acceptors (Lipinski definition) is 3. The maximum Gasteiger partial charge on any atom is 0.0828 e. The molecule has 1 aromatic heterocycles. The Morgan fingerprint density at radius 1 is 1.47 bits per heavy atom. The van der Waals surface area contributed by atoms with Crippen LogP contribution in [0.2, 0.25) is 0 Å². The average Bonchev–Trinajstić information content (AvgIpc) is 2.86. The van der Waals surface area contributed by atoms with Crippen LogP contribution in [0.4, 0.5) is 5.69 Å². The highest BCUT2D eigenvalue weighted by Gasteiger charge is 2.18. The van der Waals surface area contributed by atoms with Crippen LogP contribution in [0.25, 0.3) is 0 Å². The Balaban J connectivity index is 2.04. The SMILES string of the molecule is Cc1nn(C(C)C)c(C)c1NCC1CCCO1. The molecule has 2 rings (SSSR count). The number of rotatable bonds is 4. The molecule has 1 N–H and O–H groups in total. The molecule has 1 aliphatic rings. The van der Waals surface area contributed by atoms with Crippen molar-refractivity contribution >= 4 is 5.69 Å². The minimum Gasteiger partial charge on any atom is -0.379 e. The van der Waals surface area contributed by atoms with Gasteiger partial charge in [0.15, 0.2) is 0 Å². The topological polar surface area (TPSA) is 39.1 Å². The van der Waals surface area contributed by atoms with Gasteiger partial charge < -0.3 is 10.1 Å². The summed E-state index contributed by atoms with van der Waals surface area (Å²) in [6, 6.07) is 0.409. The first-order valence-electron chi connectivity index (χ1n) is 6.50. The van der Waals surface area contributed by atoms with E-state index in [1.54, 1.807) is 0 Å². The molecule has 4 nitrogen and oxygen atoms in total. The third kappa shape index (κ3) is 2.63. The van der Waals surface area contributed by atoms with Gasteiger partial charge in [-0.3, -0.25) is 4.68 Å². The summed E-state index contributed by atoms with van der Waals surface area (Å²) < 4.78 is 7.70. The number of nitrogens with zero attached hydrogens (tertiary/aromatic N) is 2. The predicted molar refractivity (Wildman–Crippen MR) is 69.5 cm³/mol. The number of anilines is 1. The van der Waals surface area contributed by atoms with Crippen LogP contribution in [0.15, 0.2) is 0 Å². The number of ether oxygens (including phenoxy) is 1. The molecule has 1 unspecified atom stereocenters. The summed E-state index contributed by atoms with van der Waals surface area (Å²) in [6.45, 7) is 10.3. The number of aryl methyl sites for hydroxylation is 1. The van der Waals surface area contributed by atoms with E-state index in [-0.39, 0.29) is 0 Å². The lowest BCUT2D eigenvalue weighted by molar-refractivity contribution is 0.120. The van der Waals surface area contributed by atoms with Gasteiger partial charge in [-0.15, -0.1) is 0 Å². The molecular formula is C13H23N3O. The van der Waals surface area contributed by atoms with E-state index in [4.69, 9.17) is 4.74 Å². The van der Waals surface area contributed by atoms with Crippen molar-refractivity contribution in [3.8, 4) is 0 Å². The van der Waals surface area contributed by atoms with Crippen molar-refractivity contribution in [2.24, 2.45) is 0 Å². The van der Waals surface area contributed by atoms with Gasteiger partial charge in [-0.1, -0.05) is 0 Å². The maximum absolute atomic E-state index is 5.62. The van der Waals surface area contributed by atoms with Crippen molar-refractivity contribution in [1.29, 1.82) is 0 Å². The van der Waals surface area contributed by atoms with E-state index in [0.29, 0.717) is 12.1 Å². The Hall–Kier alpha value is -1.03. The van der Waals surface area contributed by atoms with E-state index in [2.05, 4.69) is 42.8 Å². The fourth-order valence-corrected chi connectivity index (χ4v) is 2.44. The Bertz CT molecular complexity index is 378. The first-order chi connectivity index (χ1) is 8.09. The summed E-state index contributed by atoms with van der Waals surface area (Å²) >= 11 is 0. The molecule has 0 radical (unpaired) electrons. The van der Waals surface area contributed by atoms with Crippen LogP contribution >= 0.6 is 0 Å². The van der Waals surface area contributed by atoms with Crippen LogP contribution < -0.4 is 5.32 Å². The molecule has 17 heavy (non-hydrogen) atoms. The summed E-state index contributed by atoms with van der Waals surface area (Å²) in [5, 5.41) is 8.06. The maximum atomic E-state index is 5.62. The van der Waals surface area contributed by atoms with Gasteiger partial charge in [0.25, 0.3) is 0 Å². The molecule has 2 heterocycles. The summed E-state index contributed by atoms with van der Waals surface area (Å²) in [6.07, 6.45) is 2.73. The van der Waals surface area contributed by atoms with Crippen molar-refractivity contribution in [1.82, 2.24) is 9.78 Å². The summed E-state index contributed by atoms with van der Waals surface area (Å²) in [5.74, 6) is 0. The summed E-state index contributed by atoms with van der Waals surface area (Å²) in [5.41, 5.74) is 3.47. The second kappa shape index (κ2) is 5.08. The lowest BCUT2D eigenvalue weighted by atomic mass is 10.2. The van der Waals surface area contributed by atoms with Gasteiger partial charge in [-0.25, -0.2) is 0 Å². The molecule has 1 aliphatic heterocycles. The first-order valence-corrected chi connectivity index (χ1v) is 6.50. The minimum absolute atomic E-state index is 0.371. The van der Waals surface area contributed by atoms with E-state index in [1.807, 2.05) is 0 Å². The van der Waals surface area contributed by atoms with Gasteiger partial charge in [0.1, 0.15) is 0 Å². The molecule has 96 valence electrons. The van der Waals surface area contributed by atoms with E-state index in [0.717, 1.165) is 18.8 Å². The molecule has 0 aromatic carbocycles. The Labute approximate surface area is 103 Å². The molecular weight excluding hydrogens is 214 g/mol. The lowest BCUT2D eigenvalue weighted by Gasteiger charge is -2.13. The molecule has 4 heteroatoms. The summed E-state index contributed by atoms with van der Waals surface area (Å²) in [7, 11) is 0. The second-order valence-electron chi connectivity index (χ2n) is 5.10. The highest BCUT2D eigenvalue weighted by molar-refractivity contribution is 5.52. The highest BCUT2D eigenvalue weighted by atomic mass is 16.5. The molecule has 1 fully saturated rings. The van der Waals surface area contributed by atoms with E-state index in [9.17, 15) is 0 Å². The van der Waals surface area contributed by atoms with Gasteiger partial charge in [0.05, 0.1) is 23.2 Å². The van der Waals surface area contributed by atoms with E-state index in [1.165, 1.54) is 24.2 Å². The fourth-order valence-electron chi connectivity index (χ4n) is 2.44. The lowest BCUT2D eigenvalue weighted by Crippen LogP contribution is -2.19. The van der Waals surface area contributed by atoms with Gasteiger partial charge in [-0.05, 0) is 40.5 Å².